The number of ether oxygens (including phenoxy) is 2. The SMILES string of the molecule is C[C@H](NC(=O)OCC1c2ccccc2-c2ccccc21)C(=O)N1COC[C@]1(C)C(=O)O. The first-order valence-corrected chi connectivity index (χ1v) is 10.1. The molecule has 2 aromatic carbocycles. The van der Waals surface area contributed by atoms with Crippen molar-refractivity contribution < 1.29 is 29.0 Å². The molecule has 162 valence electrons. The van der Waals surface area contributed by atoms with Crippen molar-refractivity contribution in [1.82, 2.24) is 10.2 Å². The van der Waals surface area contributed by atoms with Crippen LogP contribution in [-0.4, -0.2) is 59.5 Å². The molecule has 0 spiro atoms. The molecule has 2 aromatic rings. The van der Waals surface area contributed by atoms with Gasteiger partial charge < -0.3 is 19.9 Å². The van der Waals surface area contributed by atoms with E-state index in [1.54, 1.807) is 0 Å². The van der Waals surface area contributed by atoms with Crippen LogP contribution < -0.4 is 5.32 Å². The Bertz CT molecular complexity index is 993. The third-order valence-corrected chi connectivity index (χ3v) is 5.97. The summed E-state index contributed by atoms with van der Waals surface area (Å²) in [5, 5.41) is 11.9. The quantitative estimate of drug-likeness (QED) is 0.764. The van der Waals surface area contributed by atoms with Gasteiger partial charge in [-0.15, -0.1) is 0 Å². The van der Waals surface area contributed by atoms with E-state index < -0.39 is 29.6 Å². The van der Waals surface area contributed by atoms with Gasteiger partial charge in [0.1, 0.15) is 19.4 Å². The molecule has 1 aliphatic heterocycles. The topological polar surface area (TPSA) is 105 Å². The number of nitrogens with one attached hydrogen (secondary N) is 1. The van der Waals surface area contributed by atoms with Gasteiger partial charge in [-0.2, -0.15) is 0 Å². The highest BCUT2D eigenvalue weighted by molar-refractivity contribution is 5.91. The van der Waals surface area contributed by atoms with Gasteiger partial charge in [-0.3, -0.25) is 9.69 Å². The molecule has 1 heterocycles. The summed E-state index contributed by atoms with van der Waals surface area (Å²) in [6.45, 7) is 2.79. The van der Waals surface area contributed by atoms with Crippen LogP contribution in [0.1, 0.15) is 30.9 Å². The van der Waals surface area contributed by atoms with Gasteiger partial charge in [0, 0.05) is 5.92 Å². The largest absolute Gasteiger partial charge is 0.479 e. The van der Waals surface area contributed by atoms with Gasteiger partial charge in [0.2, 0.25) is 5.91 Å². The van der Waals surface area contributed by atoms with Gasteiger partial charge >= 0.3 is 12.1 Å². The van der Waals surface area contributed by atoms with Crippen molar-refractivity contribution in [2.24, 2.45) is 0 Å². The monoisotopic (exact) mass is 424 g/mol. The maximum atomic E-state index is 12.7. The van der Waals surface area contributed by atoms with Crippen LogP contribution in [0.4, 0.5) is 4.79 Å². The maximum absolute atomic E-state index is 12.7. The van der Waals surface area contributed by atoms with Gasteiger partial charge in [0.25, 0.3) is 0 Å². The number of carbonyl (C=O) groups excluding carboxylic acids is 2. The molecule has 2 amide bonds. The normalized spacial score (nSPS) is 20.6. The molecule has 2 N–H and O–H groups in total. The van der Waals surface area contributed by atoms with E-state index in [4.69, 9.17) is 9.47 Å². The van der Waals surface area contributed by atoms with Crippen LogP contribution in [0.2, 0.25) is 0 Å². The lowest BCUT2D eigenvalue weighted by molar-refractivity contribution is -0.155. The number of hydrogen-bond donors (Lipinski definition) is 2. The summed E-state index contributed by atoms with van der Waals surface area (Å²) in [6.07, 6.45) is -0.736. The van der Waals surface area contributed by atoms with E-state index in [0.717, 1.165) is 27.2 Å². The number of aliphatic carboxylic acids is 1. The number of amides is 2. The Kier molecular flexibility index (Phi) is 5.41. The molecule has 4 rings (SSSR count). The number of carboxylic acid groups (broad SMARTS) is 1. The molecule has 2 atom stereocenters. The number of nitrogens with zero attached hydrogens (tertiary/aromatic N) is 1. The molecule has 0 aromatic heterocycles. The van der Waals surface area contributed by atoms with E-state index in [2.05, 4.69) is 5.32 Å². The molecule has 31 heavy (non-hydrogen) atoms. The summed E-state index contributed by atoms with van der Waals surface area (Å²) >= 11 is 0. The Morgan fingerprint density at radius 2 is 1.74 bits per heavy atom. The molecule has 0 unspecified atom stereocenters. The Balaban J connectivity index is 1.40. The predicted octanol–water partition coefficient (Wildman–Crippen LogP) is 2.57. The van der Waals surface area contributed by atoms with E-state index in [-0.39, 0.29) is 25.9 Å². The van der Waals surface area contributed by atoms with Crippen LogP contribution in [0.25, 0.3) is 11.1 Å². The maximum Gasteiger partial charge on any atom is 0.407 e. The predicted molar refractivity (Wildman–Crippen MR) is 111 cm³/mol. The van der Waals surface area contributed by atoms with Crippen LogP contribution >= 0.6 is 0 Å². The van der Waals surface area contributed by atoms with Crippen molar-refractivity contribution in [3.05, 3.63) is 59.7 Å². The standard InChI is InChI=1S/C23H24N2O6/c1-14(20(26)25-13-30-12-23(25,2)21(27)28)24-22(29)31-11-19-17-9-5-3-7-15(17)16-8-4-6-10-18(16)19/h3-10,14,19H,11-13H2,1-2H3,(H,24,29)(H,27,28)/t14-,23+/m0/s1. The molecule has 8 nitrogen and oxygen atoms in total. The van der Waals surface area contributed by atoms with Crippen molar-refractivity contribution in [2.75, 3.05) is 19.9 Å². The molecule has 0 saturated carbocycles. The fourth-order valence-corrected chi connectivity index (χ4v) is 4.15. The number of alkyl carbamates (subject to hydrolysis) is 1. The van der Waals surface area contributed by atoms with Gasteiger partial charge in [0.05, 0.1) is 6.61 Å². The molecule has 0 bridgehead atoms. The first kappa shape index (κ1) is 20.9. The molecule has 1 fully saturated rings. The second-order valence-corrected chi connectivity index (χ2v) is 8.01. The Morgan fingerprint density at radius 3 is 2.32 bits per heavy atom. The van der Waals surface area contributed by atoms with E-state index in [1.165, 1.54) is 13.8 Å². The summed E-state index contributed by atoms with van der Waals surface area (Å²) in [4.78, 5) is 37.8. The molecular weight excluding hydrogens is 400 g/mol. The number of fused-ring (bicyclic) bond motifs is 3. The van der Waals surface area contributed by atoms with E-state index in [9.17, 15) is 19.5 Å². The highest BCUT2D eigenvalue weighted by atomic mass is 16.5. The number of rotatable bonds is 5. The van der Waals surface area contributed by atoms with Crippen LogP contribution in [-0.2, 0) is 19.1 Å². The van der Waals surface area contributed by atoms with Gasteiger partial charge in [-0.05, 0) is 36.1 Å². The lowest BCUT2D eigenvalue weighted by atomic mass is 9.98. The lowest BCUT2D eigenvalue weighted by Crippen LogP contribution is -2.57. The van der Waals surface area contributed by atoms with Crippen molar-refractivity contribution >= 4 is 18.0 Å². The summed E-state index contributed by atoms with van der Waals surface area (Å²) < 4.78 is 10.6. The molecule has 0 radical (unpaired) electrons. The Morgan fingerprint density at radius 1 is 1.16 bits per heavy atom. The summed E-state index contributed by atoms with van der Waals surface area (Å²) in [5.74, 6) is -1.80. The first-order valence-electron chi connectivity index (χ1n) is 10.1. The fraction of sp³-hybridized carbons (Fsp3) is 0.348. The second kappa shape index (κ2) is 8.03. The molecule has 8 heteroatoms. The average Bonchev–Trinajstić information content (AvgIpc) is 3.31. The summed E-state index contributed by atoms with van der Waals surface area (Å²) in [7, 11) is 0. The highest BCUT2D eigenvalue weighted by Gasteiger charge is 2.48. The van der Waals surface area contributed by atoms with Crippen LogP contribution in [0, 0.1) is 0 Å². The zero-order valence-electron chi connectivity index (χ0n) is 17.3. The fourth-order valence-electron chi connectivity index (χ4n) is 4.15. The Hall–Kier alpha value is -3.39. The second-order valence-electron chi connectivity index (χ2n) is 8.01. The van der Waals surface area contributed by atoms with Gasteiger partial charge in [0.15, 0.2) is 5.54 Å². The van der Waals surface area contributed by atoms with Crippen LogP contribution in [0.5, 0.6) is 0 Å². The minimum absolute atomic E-state index is 0.0913. The van der Waals surface area contributed by atoms with Crippen molar-refractivity contribution in [1.29, 1.82) is 0 Å². The summed E-state index contributed by atoms with van der Waals surface area (Å²) in [6, 6.07) is 15.0. The molecular formula is C23H24N2O6. The first-order chi connectivity index (χ1) is 14.8. The summed E-state index contributed by atoms with van der Waals surface area (Å²) in [5.41, 5.74) is 2.96. The average molecular weight is 424 g/mol. The Labute approximate surface area is 179 Å². The van der Waals surface area contributed by atoms with E-state index >= 15 is 0 Å². The molecule has 2 aliphatic rings. The zero-order valence-corrected chi connectivity index (χ0v) is 17.3. The van der Waals surface area contributed by atoms with Crippen LogP contribution in [0.15, 0.2) is 48.5 Å². The molecule has 1 aliphatic carbocycles. The number of carbonyl (C=O) groups is 3. The zero-order chi connectivity index (χ0) is 22.2. The van der Waals surface area contributed by atoms with Crippen molar-refractivity contribution in [3.8, 4) is 11.1 Å². The minimum Gasteiger partial charge on any atom is -0.479 e. The number of hydrogen-bond acceptors (Lipinski definition) is 5. The van der Waals surface area contributed by atoms with Gasteiger partial charge in [-0.25, -0.2) is 9.59 Å². The number of carboxylic acids is 1. The third-order valence-electron chi connectivity index (χ3n) is 5.97. The minimum atomic E-state index is -1.46. The van der Waals surface area contributed by atoms with Gasteiger partial charge in [-0.1, -0.05) is 48.5 Å². The van der Waals surface area contributed by atoms with E-state index in [1.807, 2.05) is 48.5 Å². The van der Waals surface area contributed by atoms with E-state index in [0.29, 0.717) is 0 Å². The van der Waals surface area contributed by atoms with Crippen molar-refractivity contribution in [2.45, 2.75) is 31.3 Å². The highest BCUT2D eigenvalue weighted by Crippen LogP contribution is 2.44. The third kappa shape index (κ3) is 3.63. The van der Waals surface area contributed by atoms with Crippen LogP contribution in [0.3, 0.4) is 0 Å². The van der Waals surface area contributed by atoms with Crippen molar-refractivity contribution in [3.63, 3.8) is 0 Å². The lowest BCUT2D eigenvalue weighted by Gasteiger charge is -2.31. The smallest absolute Gasteiger partial charge is 0.407 e. The number of benzene rings is 2. The molecule has 1 saturated heterocycles.